The van der Waals surface area contributed by atoms with Crippen LogP contribution < -0.4 is 0 Å². The molecule has 2 unspecified atom stereocenters. The first-order valence-electron chi connectivity index (χ1n) is 5.62. The van der Waals surface area contributed by atoms with Crippen LogP contribution in [0.3, 0.4) is 0 Å². The molecule has 0 amide bonds. The van der Waals surface area contributed by atoms with E-state index in [2.05, 4.69) is 27.4 Å². The van der Waals surface area contributed by atoms with Crippen LogP contribution in [0, 0.1) is 17.3 Å². The molecule has 0 radical (unpaired) electrons. The summed E-state index contributed by atoms with van der Waals surface area (Å²) in [5.74, 6) is 1.31. The van der Waals surface area contributed by atoms with Crippen molar-refractivity contribution in [2.24, 2.45) is 17.3 Å². The lowest BCUT2D eigenvalue weighted by Crippen LogP contribution is -2.38. The molecule has 0 aromatic carbocycles. The summed E-state index contributed by atoms with van der Waals surface area (Å²) in [6, 6.07) is 0. The van der Waals surface area contributed by atoms with Crippen LogP contribution in [0.5, 0.6) is 0 Å². The van der Waals surface area contributed by atoms with Gasteiger partial charge in [-0.3, -0.25) is 4.79 Å². The first-order valence-corrected chi connectivity index (χ1v) is 5.62. The number of rotatable bonds is 3. The van der Waals surface area contributed by atoms with E-state index in [1.807, 2.05) is 0 Å². The molecule has 1 nitrogen and oxygen atoms in total. The highest BCUT2D eigenvalue weighted by atomic mass is 16.1. The first kappa shape index (κ1) is 11.5. The van der Waals surface area contributed by atoms with Crippen molar-refractivity contribution < 1.29 is 4.79 Å². The zero-order valence-corrected chi connectivity index (χ0v) is 9.89. The summed E-state index contributed by atoms with van der Waals surface area (Å²) in [6.45, 7) is 12.3. The van der Waals surface area contributed by atoms with Crippen molar-refractivity contribution in [3.63, 3.8) is 0 Å². The maximum absolute atomic E-state index is 11.9. The van der Waals surface area contributed by atoms with E-state index in [1.165, 1.54) is 5.57 Å². The molecular formula is C13H22O. The van der Waals surface area contributed by atoms with E-state index in [1.54, 1.807) is 6.92 Å². The molecule has 0 aromatic rings. The maximum atomic E-state index is 11.9. The van der Waals surface area contributed by atoms with Crippen molar-refractivity contribution in [1.82, 2.24) is 0 Å². The summed E-state index contributed by atoms with van der Waals surface area (Å²) < 4.78 is 0. The largest absolute Gasteiger partial charge is 0.299 e. The second-order valence-electron chi connectivity index (χ2n) is 4.99. The monoisotopic (exact) mass is 194 g/mol. The van der Waals surface area contributed by atoms with Crippen LogP contribution in [0.1, 0.15) is 47.0 Å². The summed E-state index contributed by atoms with van der Waals surface area (Å²) in [6.07, 6.45) is 3.06. The lowest BCUT2D eigenvalue weighted by Gasteiger charge is -2.36. The highest BCUT2D eigenvalue weighted by molar-refractivity contribution is 5.84. The molecule has 80 valence electrons. The minimum Gasteiger partial charge on any atom is -0.299 e. The van der Waals surface area contributed by atoms with Gasteiger partial charge in [0, 0.05) is 5.41 Å². The molecule has 0 aromatic heterocycles. The molecule has 0 bridgehead atoms. The average molecular weight is 194 g/mol. The number of carbonyl (C=O) groups excluding carboxylic acids is 1. The van der Waals surface area contributed by atoms with Crippen molar-refractivity contribution in [3.05, 3.63) is 12.2 Å². The Bertz CT molecular complexity index is 252. The van der Waals surface area contributed by atoms with Gasteiger partial charge in [0.05, 0.1) is 0 Å². The summed E-state index contributed by atoms with van der Waals surface area (Å²) in [7, 11) is 0. The smallest absolute Gasteiger partial charge is 0.136 e. The number of carbonyl (C=O) groups is 1. The van der Waals surface area contributed by atoms with Gasteiger partial charge in [0.15, 0.2) is 0 Å². The van der Waals surface area contributed by atoms with Crippen molar-refractivity contribution >= 4 is 5.78 Å². The van der Waals surface area contributed by atoms with E-state index in [9.17, 15) is 4.79 Å². The van der Waals surface area contributed by atoms with Gasteiger partial charge in [-0.2, -0.15) is 0 Å². The minimum atomic E-state index is -0.105. The summed E-state index contributed by atoms with van der Waals surface area (Å²) in [5.41, 5.74) is 1.16. The van der Waals surface area contributed by atoms with Gasteiger partial charge in [-0.05, 0) is 31.6 Å². The molecule has 0 spiro atoms. The molecule has 1 fully saturated rings. The van der Waals surface area contributed by atoms with Gasteiger partial charge in [0.1, 0.15) is 5.78 Å². The number of allylic oxidation sites excluding steroid dienone is 1. The Morgan fingerprint density at radius 1 is 1.64 bits per heavy atom. The fourth-order valence-electron chi connectivity index (χ4n) is 3.16. The van der Waals surface area contributed by atoms with Crippen molar-refractivity contribution in [2.45, 2.75) is 47.0 Å². The number of hydrogen-bond donors (Lipinski definition) is 0. The molecule has 1 aliphatic carbocycles. The molecule has 0 heterocycles. The van der Waals surface area contributed by atoms with E-state index in [0.717, 1.165) is 19.3 Å². The maximum Gasteiger partial charge on any atom is 0.136 e. The van der Waals surface area contributed by atoms with E-state index < -0.39 is 0 Å². The number of Topliss-reactive ketones (excluding diaryl/α,β-unsaturated/α-hetero) is 1. The Balaban J connectivity index is 3.07. The zero-order valence-electron chi connectivity index (χ0n) is 9.89. The fraction of sp³-hybridized carbons (Fsp3) is 0.769. The fourth-order valence-corrected chi connectivity index (χ4v) is 3.16. The molecule has 1 aliphatic rings. The van der Waals surface area contributed by atoms with Gasteiger partial charge in [-0.15, -0.1) is 0 Å². The quantitative estimate of drug-likeness (QED) is 0.627. The van der Waals surface area contributed by atoms with Crippen LogP contribution >= 0.6 is 0 Å². The molecule has 0 N–H and O–H groups in total. The van der Waals surface area contributed by atoms with Gasteiger partial charge in [0.2, 0.25) is 0 Å². The third kappa shape index (κ3) is 1.53. The predicted octanol–water partition coefficient (Wildman–Crippen LogP) is 3.59. The predicted molar refractivity (Wildman–Crippen MR) is 60.1 cm³/mol. The summed E-state index contributed by atoms with van der Waals surface area (Å²) in [4.78, 5) is 11.9. The molecule has 1 saturated carbocycles. The van der Waals surface area contributed by atoms with Crippen LogP contribution in [0.4, 0.5) is 0 Å². The summed E-state index contributed by atoms with van der Waals surface area (Å²) >= 11 is 0. The Morgan fingerprint density at radius 2 is 2.21 bits per heavy atom. The van der Waals surface area contributed by atoms with Gasteiger partial charge in [0.25, 0.3) is 0 Å². The average Bonchev–Trinajstić information content (AvgIpc) is 2.43. The molecule has 14 heavy (non-hydrogen) atoms. The molecule has 1 rings (SSSR count). The van der Waals surface area contributed by atoms with Gasteiger partial charge < -0.3 is 0 Å². The number of hydrogen-bond acceptors (Lipinski definition) is 1. The third-order valence-electron chi connectivity index (χ3n) is 3.98. The first-order chi connectivity index (χ1) is 6.45. The lowest BCUT2D eigenvalue weighted by atomic mass is 9.66. The second-order valence-corrected chi connectivity index (χ2v) is 4.99. The molecule has 0 saturated heterocycles. The highest BCUT2D eigenvalue weighted by Gasteiger charge is 2.49. The topological polar surface area (TPSA) is 17.1 Å². The van der Waals surface area contributed by atoms with Crippen LogP contribution in [0.25, 0.3) is 0 Å². The van der Waals surface area contributed by atoms with Crippen molar-refractivity contribution in [1.29, 1.82) is 0 Å². The zero-order chi connectivity index (χ0) is 10.9. The molecule has 2 atom stereocenters. The molecule has 0 aliphatic heterocycles. The van der Waals surface area contributed by atoms with Crippen LogP contribution in [-0.2, 0) is 4.79 Å². The van der Waals surface area contributed by atoms with E-state index in [0.29, 0.717) is 17.6 Å². The lowest BCUT2D eigenvalue weighted by molar-refractivity contribution is -0.131. The molecule has 1 heteroatoms. The van der Waals surface area contributed by atoms with E-state index in [-0.39, 0.29) is 5.41 Å². The number of ketones is 1. The van der Waals surface area contributed by atoms with Gasteiger partial charge in [-0.1, -0.05) is 39.3 Å². The Hall–Kier alpha value is -0.590. The van der Waals surface area contributed by atoms with Crippen LogP contribution in [0.2, 0.25) is 0 Å². The highest BCUT2D eigenvalue weighted by Crippen LogP contribution is 2.52. The second kappa shape index (κ2) is 3.88. The Morgan fingerprint density at radius 3 is 2.50 bits per heavy atom. The van der Waals surface area contributed by atoms with E-state index >= 15 is 0 Å². The van der Waals surface area contributed by atoms with E-state index in [4.69, 9.17) is 0 Å². The normalized spacial score (nSPS) is 32.6. The standard InChI is InChI=1S/C13H22O/c1-6-12-7-10(4)8-13(12,9(2)3)11(5)14/h9,12H,4,6-8H2,1-3,5H3. The Kier molecular flexibility index (Phi) is 3.18. The summed E-state index contributed by atoms with van der Waals surface area (Å²) in [5, 5.41) is 0. The molecular weight excluding hydrogens is 172 g/mol. The third-order valence-corrected chi connectivity index (χ3v) is 3.98. The van der Waals surface area contributed by atoms with Gasteiger partial charge >= 0.3 is 0 Å². The van der Waals surface area contributed by atoms with Gasteiger partial charge in [-0.25, -0.2) is 0 Å². The van der Waals surface area contributed by atoms with Crippen molar-refractivity contribution in [2.75, 3.05) is 0 Å². The van der Waals surface area contributed by atoms with Crippen LogP contribution in [-0.4, -0.2) is 5.78 Å². The minimum absolute atomic E-state index is 0.105. The van der Waals surface area contributed by atoms with Crippen LogP contribution in [0.15, 0.2) is 12.2 Å². The van der Waals surface area contributed by atoms with Crippen molar-refractivity contribution in [3.8, 4) is 0 Å². The SMILES string of the molecule is C=C1CC(CC)C(C(C)=O)(C(C)C)C1. The Labute approximate surface area is 87.6 Å².